The van der Waals surface area contributed by atoms with E-state index in [9.17, 15) is 9.59 Å². The van der Waals surface area contributed by atoms with Gasteiger partial charge in [-0.05, 0) is 50.2 Å². The molecule has 0 saturated heterocycles. The summed E-state index contributed by atoms with van der Waals surface area (Å²) in [5, 5.41) is 8.93. The molecule has 0 fully saturated rings. The Balaban J connectivity index is 1.06. The highest BCUT2D eigenvalue weighted by Crippen LogP contribution is 2.44. The number of hydrogen-bond acceptors (Lipinski definition) is 5. The second-order valence-corrected chi connectivity index (χ2v) is 11.7. The Hall–Kier alpha value is -5.21. The van der Waals surface area contributed by atoms with E-state index < -0.39 is 12.1 Å². The Morgan fingerprint density at radius 3 is 2.32 bits per heavy atom. The summed E-state index contributed by atoms with van der Waals surface area (Å²) >= 11 is 1.62. The summed E-state index contributed by atoms with van der Waals surface area (Å²) in [4.78, 5) is 34.5. The van der Waals surface area contributed by atoms with Gasteiger partial charge in [0.25, 0.3) is 0 Å². The van der Waals surface area contributed by atoms with Crippen LogP contribution >= 0.6 is 11.3 Å². The molecule has 1 unspecified atom stereocenters. The highest BCUT2D eigenvalue weighted by molar-refractivity contribution is 7.17. The molecular weight excluding hydrogens is 568 g/mol. The van der Waals surface area contributed by atoms with Crippen molar-refractivity contribution in [3.8, 4) is 22.4 Å². The molecule has 2 heterocycles. The summed E-state index contributed by atoms with van der Waals surface area (Å²) in [7, 11) is 0. The Morgan fingerprint density at radius 2 is 1.55 bits per heavy atom. The van der Waals surface area contributed by atoms with Crippen LogP contribution in [0.3, 0.4) is 0 Å². The van der Waals surface area contributed by atoms with Gasteiger partial charge in [0.05, 0.1) is 18.4 Å². The minimum atomic E-state index is -0.841. The molecule has 0 radical (unpaired) electrons. The van der Waals surface area contributed by atoms with Crippen molar-refractivity contribution >= 4 is 33.4 Å². The van der Waals surface area contributed by atoms with Crippen molar-refractivity contribution in [1.29, 1.82) is 0 Å². The predicted octanol–water partition coefficient (Wildman–Crippen LogP) is 7.06. The first-order valence-electron chi connectivity index (χ1n) is 14.6. The Labute approximate surface area is 258 Å². The van der Waals surface area contributed by atoms with Gasteiger partial charge in [0, 0.05) is 17.0 Å². The van der Waals surface area contributed by atoms with Gasteiger partial charge in [-0.15, -0.1) is 11.3 Å². The molecule has 218 valence electrons. The number of benzene rings is 4. The molecule has 1 atom stereocenters. The summed E-state index contributed by atoms with van der Waals surface area (Å²) in [6, 6.07) is 33.5. The van der Waals surface area contributed by atoms with E-state index in [1.165, 1.54) is 0 Å². The number of nitrogens with zero attached hydrogens (tertiary/aromatic N) is 1. The van der Waals surface area contributed by atoms with Crippen molar-refractivity contribution in [3.63, 3.8) is 0 Å². The largest absolute Gasteiger partial charge is 0.449 e. The molecule has 2 amide bonds. The molecule has 44 heavy (non-hydrogen) atoms. The summed E-state index contributed by atoms with van der Waals surface area (Å²) in [5.41, 5.74) is 7.46. The molecule has 1 aliphatic rings. The highest BCUT2D eigenvalue weighted by atomic mass is 32.1. The van der Waals surface area contributed by atoms with Gasteiger partial charge in [0.1, 0.15) is 18.5 Å². The van der Waals surface area contributed by atoms with Gasteiger partial charge in [-0.2, -0.15) is 0 Å². The van der Waals surface area contributed by atoms with Crippen LogP contribution in [-0.2, 0) is 22.5 Å². The Morgan fingerprint density at radius 1 is 0.864 bits per heavy atom. The van der Waals surface area contributed by atoms with Crippen LogP contribution in [0.4, 0.5) is 4.79 Å². The zero-order chi connectivity index (χ0) is 29.9. The molecule has 3 N–H and O–H groups in total. The van der Waals surface area contributed by atoms with Crippen LogP contribution in [0, 0.1) is 0 Å². The maximum absolute atomic E-state index is 13.6. The van der Waals surface area contributed by atoms with E-state index in [1.807, 2.05) is 78.2 Å². The molecule has 4 aromatic carbocycles. The van der Waals surface area contributed by atoms with Crippen LogP contribution in [0.15, 0.2) is 115 Å². The summed E-state index contributed by atoms with van der Waals surface area (Å²) < 4.78 is 6.93. The van der Waals surface area contributed by atoms with Gasteiger partial charge in [-0.3, -0.25) is 4.79 Å². The molecule has 7 nitrogen and oxygen atoms in total. The number of thiophene rings is 1. The van der Waals surface area contributed by atoms with Crippen LogP contribution in [0.2, 0.25) is 0 Å². The minimum absolute atomic E-state index is 0.0704. The lowest BCUT2D eigenvalue weighted by Gasteiger charge is -2.19. The van der Waals surface area contributed by atoms with E-state index in [4.69, 9.17) is 4.74 Å². The molecule has 1 aliphatic carbocycles. The normalized spacial score (nSPS) is 12.8. The number of hydrogen-bond donors (Lipinski definition) is 3. The molecule has 6 aromatic rings. The number of rotatable bonds is 9. The fraction of sp³-hybridized carbons (Fsp3) is 0.139. The molecule has 2 aromatic heterocycles. The van der Waals surface area contributed by atoms with Crippen molar-refractivity contribution in [2.45, 2.75) is 24.9 Å². The SMILES string of the molecule is O=C(NC(Cc1csc2ccccc12)C(=O)NCc1ncc(-c2ccccc2)[nH]1)OCC1c2ccccc2-c2ccccc21. The average Bonchev–Trinajstić information content (AvgIpc) is 3.79. The third-order valence-electron chi connectivity index (χ3n) is 8.08. The van der Waals surface area contributed by atoms with E-state index >= 15 is 0 Å². The van der Waals surface area contributed by atoms with Gasteiger partial charge in [-0.1, -0.05) is 97.1 Å². The highest BCUT2D eigenvalue weighted by Gasteiger charge is 2.30. The van der Waals surface area contributed by atoms with Crippen molar-refractivity contribution in [1.82, 2.24) is 20.6 Å². The molecular formula is C36H30N4O3S. The van der Waals surface area contributed by atoms with Crippen LogP contribution in [0.5, 0.6) is 0 Å². The zero-order valence-corrected chi connectivity index (χ0v) is 24.6. The van der Waals surface area contributed by atoms with Crippen LogP contribution in [0.25, 0.3) is 32.5 Å². The number of imidazole rings is 1. The fourth-order valence-electron chi connectivity index (χ4n) is 5.91. The number of H-pyrrole nitrogens is 1. The Bertz CT molecular complexity index is 1900. The number of carbonyl (C=O) groups excluding carboxylic acids is 2. The second kappa shape index (κ2) is 12.2. The van der Waals surface area contributed by atoms with E-state index in [2.05, 4.69) is 50.9 Å². The number of aromatic nitrogens is 2. The zero-order valence-electron chi connectivity index (χ0n) is 23.8. The standard InChI is InChI=1S/C36H30N4O3S/c41-35(38-20-34-37-19-32(39-34)23-10-2-1-3-11-23)31(18-24-22-44-33-17-9-8-12-25(24)33)40-36(42)43-21-30-28-15-6-4-13-26(28)27-14-5-7-16-29(27)30/h1-17,19,22,30-31H,18,20-21H2,(H,37,39)(H,38,41)(H,40,42). The lowest BCUT2D eigenvalue weighted by Crippen LogP contribution is -2.48. The lowest BCUT2D eigenvalue weighted by atomic mass is 9.98. The quantitative estimate of drug-likeness (QED) is 0.166. The summed E-state index contributed by atoms with van der Waals surface area (Å²) in [6.07, 6.45) is 1.45. The number of amides is 2. The molecule has 7 rings (SSSR count). The molecule has 8 heteroatoms. The maximum Gasteiger partial charge on any atom is 0.407 e. The molecule has 0 saturated carbocycles. The number of fused-ring (bicyclic) bond motifs is 4. The van der Waals surface area contributed by atoms with Crippen molar-refractivity contribution < 1.29 is 14.3 Å². The minimum Gasteiger partial charge on any atom is -0.449 e. The van der Waals surface area contributed by atoms with Gasteiger partial charge in [-0.25, -0.2) is 9.78 Å². The lowest BCUT2D eigenvalue weighted by molar-refractivity contribution is -0.123. The second-order valence-electron chi connectivity index (χ2n) is 10.8. The number of nitrogens with one attached hydrogen (secondary N) is 3. The van der Waals surface area contributed by atoms with Crippen LogP contribution in [0.1, 0.15) is 28.4 Å². The third kappa shape index (κ3) is 5.59. The topological polar surface area (TPSA) is 96.1 Å². The molecule has 0 spiro atoms. The maximum atomic E-state index is 13.6. The number of carbonyl (C=O) groups is 2. The van der Waals surface area contributed by atoms with Crippen LogP contribution < -0.4 is 10.6 Å². The van der Waals surface area contributed by atoms with E-state index in [-0.39, 0.29) is 25.0 Å². The number of aromatic amines is 1. The predicted molar refractivity (Wildman–Crippen MR) is 173 cm³/mol. The third-order valence-corrected chi connectivity index (χ3v) is 9.09. The first-order chi connectivity index (χ1) is 21.6. The molecule has 0 aliphatic heterocycles. The van der Waals surface area contributed by atoms with Crippen molar-refractivity contribution in [3.05, 3.63) is 137 Å². The van der Waals surface area contributed by atoms with Gasteiger partial charge < -0.3 is 20.4 Å². The number of alkyl carbamates (subject to hydrolysis) is 1. The van der Waals surface area contributed by atoms with Gasteiger partial charge in [0.15, 0.2) is 0 Å². The summed E-state index contributed by atoms with van der Waals surface area (Å²) in [5.74, 6) is 0.239. The van der Waals surface area contributed by atoms with Gasteiger partial charge in [0.2, 0.25) is 5.91 Å². The first-order valence-corrected chi connectivity index (χ1v) is 15.5. The number of ether oxygens (including phenoxy) is 1. The van der Waals surface area contributed by atoms with Crippen LogP contribution in [-0.4, -0.2) is 34.6 Å². The van der Waals surface area contributed by atoms with E-state index in [0.717, 1.165) is 49.2 Å². The van der Waals surface area contributed by atoms with Crippen molar-refractivity contribution in [2.75, 3.05) is 6.61 Å². The van der Waals surface area contributed by atoms with E-state index in [1.54, 1.807) is 17.5 Å². The molecule has 0 bridgehead atoms. The Kier molecular flexibility index (Phi) is 7.65. The first kappa shape index (κ1) is 27.6. The average molecular weight is 599 g/mol. The smallest absolute Gasteiger partial charge is 0.407 e. The fourth-order valence-corrected chi connectivity index (χ4v) is 6.89. The van der Waals surface area contributed by atoms with E-state index in [0.29, 0.717) is 12.2 Å². The van der Waals surface area contributed by atoms with Crippen molar-refractivity contribution in [2.24, 2.45) is 0 Å². The summed E-state index contributed by atoms with van der Waals surface area (Å²) in [6.45, 7) is 0.364. The van der Waals surface area contributed by atoms with Gasteiger partial charge >= 0.3 is 6.09 Å². The monoisotopic (exact) mass is 598 g/mol.